The Hall–Kier alpha value is -1.09. The number of aryl methyl sites for hydroxylation is 1. The molecule has 0 bridgehead atoms. The first-order valence-electron chi connectivity index (χ1n) is 7.54. The molecule has 1 aromatic rings. The van der Waals surface area contributed by atoms with Gasteiger partial charge in [-0.2, -0.15) is 0 Å². The van der Waals surface area contributed by atoms with Crippen LogP contribution < -0.4 is 4.74 Å². The van der Waals surface area contributed by atoms with Crippen molar-refractivity contribution in [2.45, 2.75) is 59.5 Å². The lowest BCUT2D eigenvalue weighted by molar-refractivity contribution is 0.0534. The third-order valence-electron chi connectivity index (χ3n) is 4.96. The summed E-state index contributed by atoms with van der Waals surface area (Å²) in [4.78, 5) is 4.51. The number of hydrogen-bond donors (Lipinski definition) is 1. The summed E-state index contributed by atoms with van der Waals surface area (Å²) in [6, 6.07) is 0. The number of pyridine rings is 1. The SMILES string of the molecule is COc1c(C)cnc(CC(O)C2CCCC2(C)C)c1C. The van der Waals surface area contributed by atoms with Gasteiger partial charge in [-0.15, -0.1) is 0 Å². The maximum atomic E-state index is 10.6. The van der Waals surface area contributed by atoms with E-state index in [1.165, 1.54) is 12.8 Å². The summed E-state index contributed by atoms with van der Waals surface area (Å²) >= 11 is 0. The molecule has 0 spiro atoms. The van der Waals surface area contributed by atoms with Crippen molar-refractivity contribution in [2.75, 3.05) is 7.11 Å². The van der Waals surface area contributed by atoms with Crippen LogP contribution in [0.15, 0.2) is 6.20 Å². The zero-order valence-electron chi connectivity index (χ0n) is 13.4. The average Bonchev–Trinajstić information content (AvgIpc) is 2.73. The second-order valence-electron chi connectivity index (χ2n) is 6.80. The third-order valence-corrected chi connectivity index (χ3v) is 4.96. The minimum atomic E-state index is -0.314. The number of rotatable bonds is 4. The molecule has 1 aromatic heterocycles. The number of ether oxygens (including phenoxy) is 1. The maximum Gasteiger partial charge on any atom is 0.128 e. The zero-order chi connectivity index (χ0) is 14.9. The number of nitrogens with zero attached hydrogens (tertiary/aromatic N) is 1. The molecule has 2 rings (SSSR count). The van der Waals surface area contributed by atoms with E-state index >= 15 is 0 Å². The van der Waals surface area contributed by atoms with E-state index in [4.69, 9.17) is 4.74 Å². The molecule has 1 aliphatic rings. The van der Waals surface area contributed by atoms with E-state index in [1.54, 1.807) is 7.11 Å². The van der Waals surface area contributed by atoms with E-state index in [0.29, 0.717) is 12.3 Å². The molecule has 0 saturated heterocycles. The van der Waals surface area contributed by atoms with Crippen molar-refractivity contribution in [2.24, 2.45) is 11.3 Å². The molecule has 1 aliphatic carbocycles. The quantitative estimate of drug-likeness (QED) is 0.916. The Bertz CT molecular complexity index is 482. The highest BCUT2D eigenvalue weighted by atomic mass is 16.5. The van der Waals surface area contributed by atoms with Crippen molar-refractivity contribution >= 4 is 0 Å². The highest BCUT2D eigenvalue weighted by molar-refractivity contribution is 5.41. The Morgan fingerprint density at radius 2 is 2.15 bits per heavy atom. The fraction of sp³-hybridized carbons (Fsp3) is 0.706. The number of aromatic nitrogens is 1. The first kappa shape index (κ1) is 15.3. The third kappa shape index (κ3) is 2.83. The lowest BCUT2D eigenvalue weighted by Crippen LogP contribution is -2.31. The summed E-state index contributed by atoms with van der Waals surface area (Å²) < 4.78 is 5.44. The van der Waals surface area contributed by atoms with Crippen molar-refractivity contribution < 1.29 is 9.84 Å². The molecule has 3 nitrogen and oxygen atoms in total. The van der Waals surface area contributed by atoms with Crippen molar-refractivity contribution in [3.05, 3.63) is 23.0 Å². The molecule has 0 radical (unpaired) electrons. The molecule has 112 valence electrons. The zero-order valence-corrected chi connectivity index (χ0v) is 13.4. The minimum absolute atomic E-state index is 0.238. The maximum absolute atomic E-state index is 10.6. The van der Waals surface area contributed by atoms with Crippen LogP contribution in [0.3, 0.4) is 0 Å². The van der Waals surface area contributed by atoms with Crippen LogP contribution in [0.25, 0.3) is 0 Å². The van der Waals surface area contributed by atoms with Gasteiger partial charge in [0, 0.05) is 29.4 Å². The predicted octanol–water partition coefficient (Wildman–Crippen LogP) is 3.44. The van der Waals surface area contributed by atoms with Gasteiger partial charge in [0.05, 0.1) is 13.2 Å². The van der Waals surface area contributed by atoms with Gasteiger partial charge in [0.2, 0.25) is 0 Å². The van der Waals surface area contributed by atoms with Gasteiger partial charge in [0.15, 0.2) is 0 Å². The van der Waals surface area contributed by atoms with E-state index in [-0.39, 0.29) is 11.5 Å². The molecule has 20 heavy (non-hydrogen) atoms. The van der Waals surface area contributed by atoms with Crippen molar-refractivity contribution in [1.29, 1.82) is 0 Å². The topological polar surface area (TPSA) is 42.4 Å². The van der Waals surface area contributed by atoms with Gasteiger partial charge in [0.1, 0.15) is 5.75 Å². The average molecular weight is 277 g/mol. The first-order chi connectivity index (χ1) is 9.36. The van der Waals surface area contributed by atoms with E-state index in [9.17, 15) is 5.11 Å². The molecule has 0 amide bonds. The molecule has 0 aromatic carbocycles. The van der Waals surface area contributed by atoms with Gasteiger partial charge in [-0.3, -0.25) is 4.98 Å². The van der Waals surface area contributed by atoms with Gasteiger partial charge in [-0.1, -0.05) is 20.3 Å². The monoisotopic (exact) mass is 277 g/mol. The van der Waals surface area contributed by atoms with Crippen molar-refractivity contribution in [3.63, 3.8) is 0 Å². The molecular formula is C17H27NO2. The Morgan fingerprint density at radius 1 is 1.45 bits per heavy atom. The fourth-order valence-electron chi connectivity index (χ4n) is 3.68. The number of hydrogen-bond acceptors (Lipinski definition) is 3. The summed E-state index contributed by atoms with van der Waals surface area (Å²) in [5.74, 6) is 1.27. The summed E-state index contributed by atoms with van der Waals surface area (Å²) in [6.07, 6.45) is 5.70. The van der Waals surface area contributed by atoms with Crippen LogP contribution in [0.1, 0.15) is 49.9 Å². The molecule has 1 heterocycles. The summed E-state index contributed by atoms with van der Waals surface area (Å²) in [6.45, 7) is 8.56. The summed E-state index contributed by atoms with van der Waals surface area (Å²) in [5, 5.41) is 10.6. The van der Waals surface area contributed by atoms with Crippen LogP contribution in [-0.4, -0.2) is 23.3 Å². The Labute approximate surface area is 122 Å². The van der Waals surface area contributed by atoms with Crippen LogP contribution in [-0.2, 0) is 6.42 Å². The highest BCUT2D eigenvalue weighted by Crippen LogP contribution is 2.45. The first-order valence-corrected chi connectivity index (χ1v) is 7.54. The second-order valence-corrected chi connectivity index (χ2v) is 6.80. The van der Waals surface area contributed by atoms with Crippen LogP contribution in [0.4, 0.5) is 0 Å². The standard InChI is InChI=1S/C17H27NO2/c1-11-10-18-14(12(2)16(11)20-5)9-15(19)13-7-6-8-17(13,3)4/h10,13,15,19H,6-9H2,1-5H3. The summed E-state index contributed by atoms with van der Waals surface area (Å²) in [7, 11) is 1.69. The van der Waals surface area contributed by atoms with Crippen LogP contribution in [0, 0.1) is 25.2 Å². The van der Waals surface area contributed by atoms with Gasteiger partial charge in [-0.05, 0) is 38.0 Å². The highest BCUT2D eigenvalue weighted by Gasteiger charge is 2.39. The molecule has 1 saturated carbocycles. The fourth-order valence-corrected chi connectivity index (χ4v) is 3.68. The van der Waals surface area contributed by atoms with Crippen molar-refractivity contribution in [1.82, 2.24) is 4.98 Å². The Morgan fingerprint density at radius 3 is 2.70 bits per heavy atom. The smallest absolute Gasteiger partial charge is 0.128 e. The van der Waals surface area contributed by atoms with Gasteiger partial charge in [-0.25, -0.2) is 0 Å². The number of aliphatic hydroxyl groups excluding tert-OH is 1. The summed E-state index contributed by atoms with van der Waals surface area (Å²) in [5.41, 5.74) is 3.30. The van der Waals surface area contributed by atoms with Gasteiger partial charge < -0.3 is 9.84 Å². The molecule has 0 aliphatic heterocycles. The number of methoxy groups -OCH3 is 1. The lowest BCUT2D eigenvalue weighted by atomic mass is 9.77. The molecule has 2 atom stereocenters. The van der Waals surface area contributed by atoms with Crippen LogP contribution in [0.2, 0.25) is 0 Å². The molecular weight excluding hydrogens is 250 g/mol. The van der Waals surface area contributed by atoms with Crippen molar-refractivity contribution in [3.8, 4) is 5.75 Å². The molecule has 3 heteroatoms. The van der Waals surface area contributed by atoms with Gasteiger partial charge >= 0.3 is 0 Å². The number of aliphatic hydroxyl groups is 1. The Kier molecular flexibility index (Phi) is 4.38. The normalized spacial score (nSPS) is 22.8. The largest absolute Gasteiger partial charge is 0.496 e. The minimum Gasteiger partial charge on any atom is -0.496 e. The van der Waals surface area contributed by atoms with Gasteiger partial charge in [0.25, 0.3) is 0 Å². The van der Waals surface area contributed by atoms with E-state index in [0.717, 1.165) is 29.0 Å². The van der Waals surface area contributed by atoms with E-state index < -0.39 is 0 Å². The van der Waals surface area contributed by atoms with E-state index in [1.807, 2.05) is 20.0 Å². The van der Waals surface area contributed by atoms with Crippen LogP contribution in [0.5, 0.6) is 5.75 Å². The predicted molar refractivity (Wildman–Crippen MR) is 81.1 cm³/mol. The molecule has 1 fully saturated rings. The Balaban J connectivity index is 2.18. The van der Waals surface area contributed by atoms with E-state index in [2.05, 4.69) is 18.8 Å². The molecule has 1 N–H and O–H groups in total. The molecule has 2 unspecified atom stereocenters. The van der Waals surface area contributed by atoms with Crippen LogP contribution >= 0.6 is 0 Å². The second kappa shape index (κ2) is 5.72. The lowest BCUT2D eigenvalue weighted by Gasteiger charge is -2.31.